The standard InChI is InChI=1S/C20H26FN3O/c1-2-7-19-18(14-22-16-8-5-3-4-6-9-16)20(25)24(23-19)17-12-10-15(21)11-13-17/h7,10-14,16,22-23H,2-6,8-9H2,1H3. The topological polar surface area (TPSA) is 49.8 Å². The Labute approximate surface area is 147 Å². The van der Waals surface area contributed by atoms with E-state index < -0.39 is 0 Å². The normalized spacial score (nSPS) is 17.7. The number of H-pyrrole nitrogens is 1. The van der Waals surface area contributed by atoms with Crippen molar-refractivity contribution in [1.82, 2.24) is 15.1 Å². The van der Waals surface area contributed by atoms with E-state index in [1.54, 1.807) is 12.1 Å². The van der Waals surface area contributed by atoms with Crippen molar-refractivity contribution in [1.29, 1.82) is 0 Å². The molecule has 4 nitrogen and oxygen atoms in total. The van der Waals surface area contributed by atoms with Crippen molar-refractivity contribution < 1.29 is 4.39 Å². The molecule has 0 saturated heterocycles. The molecule has 1 aromatic carbocycles. The van der Waals surface area contributed by atoms with E-state index in [9.17, 15) is 9.18 Å². The summed E-state index contributed by atoms with van der Waals surface area (Å²) in [5.41, 5.74) is 0.513. The highest BCUT2D eigenvalue weighted by Gasteiger charge is 2.11. The molecule has 0 aliphatic heterocycles. The summed E-state index contributed by atoms with van der Waals surface area (Å²) in [5, 5.41) is 8.03. The van der Waals surface area contributed by atoms with Crippen molar-refractivity contribution in [3.63, 3.8) is 0 Å². The smallest absolute Gasteiger partial charge is 0.280 e. The van der Waals surface area contributed by atoms with Crippen LogP contribution in [-0.2, 0) is 0 Å². The number of hydrogen-bond acceptors (Lipinski definition) is 2. The summed E-state index contributed by atoms with van der Waals surface area (Å²) in [5.74, 6) is -0.314. The van der Waals surface area contributed by atoms with Gasteiger partial charge in [0.25, 0.3) is 5.56 Å². The van der Waals surface area contributed by atoms with E-state index in [0.717, 1.165) is 24.6 Å². The van der Waals surface area contributed by atoms with Gasteiger partial charge in [-0.2, -0.15) is 0 Å². The average molecular weight is 343 g/mol. The number of hydrogen-bond donors (Lipinski definition) is 2. The molecule has 1 saturated carbocycles. The maximum Gasteiger partial charge on any atom is 0.280 e. The maximum atomic E-state index is 13.1. The number of aromatic nitrogens is 2. The summed E-state index contributed by atoms with van der Waals surface area (Å²) in [4.78, 5) is 12.8. The van der Waals surface area contributed by atoms with Crippen molar-refractivity contribution in [2.45, 2.75) is 57.9 Å². The lowest BCUT2D eigenvalue weighted by atomic mass is 10.1. The van der Waals surface area contributed by atoms with Gasteiger partial charge in [-0.25, -0.2) is 9.07 Å². The third-order valence-electron chi connectivity index (χ3n) is 4.77. The number of benzene rings is 1. The first-order chi connectivity index (χ1) is 12.2. The molecule has 1 fully saturated rings. The van der Waals surface area contributed by atoms with Gasteiger partial charge in [0.2, 0.25) is 0 Å². The van der Waals surface area contributed by atoms with Gasteiger partial charge in [0.05, 0.1) is 16.3 Å². The second kappa shape index (κ2) is 8.19. The van der Waals surface area contributed by atoms with E-state index in [4.69, 9.17) is 0 Å². The molecule has 134 valence electrons. The van der Waals surface area contributed by atoms with Crippen LogP contribution in [0.15, 0.2) is 29.1 Å². The average Bonchev–Trinajstić information content (AvgIpc) is 2.79. The highest BCUT2D eigenvalue weighted by molar-refractivity contribution is 5.34. The largest absolute Gasteiger partial charge is 0.387 e. The zero-order chi connectivity index (χ0) is 17.6. The molecule has 0 bridgehead atoms. The molecule has 1 aromatic heterocycles. The highest BCUT2D eigenvalue weighted by Crippen LogP contribution is 2.16. The van der Waals surface area contributed by atoms with E-state index in [1.807, 2.05) is 19.2 Å². The predicted molar refractivity (Wildman–Crippen MR) is 99.4 cm³/mol. The second-order valence-electron chi connectivity index (χ2n) is 6.67. The summed E-state index contributed by atoms with van der Waals surface area (Å²) >= 11 is 0. The van der Waals surface area contributed by atoms with Crippen LogP contribution in [0.5, 0.6) is 0 Å². The first-order valence-corrected chi connectivity index (χ1v) is 9.22. The molecule has 2 aromatic rings. The number of aromatic amines is 1. The molecule has 0 atom stereocenters. The van der Waals surface area contributed by atoms with E-state index in [-0.39, 0.29) is 11.4 Å². The fraction of sp³-hybridized carbons (Fsp3) is 0.450. The monoisotopic (exact) mass is 343 g/mol. The lowest BCUT2D eigenvalue weighted by Gasteiger charge is -2.13. The Bertz CT molecular complexity index is 856. The van der Waals surface area contributed by atoms with E-state index in [2.05, 4.69) is 10.4 Å². The number of nitrogens with zero attached hydrogens (tertiary/aromatic N) is 1. The Morgan fingerprint density at radius 3 is 2.52 bits per heavy atom. The van der Waals surface area contributed by atoms with Gasteiger partial charge in [-0.1, -0.05) is 38.7 Å². The molecule has 0 spiro atoms. The van der Waals surface area contributed by atoms with Crippen molar-refractivity contribution in [3.05, 3.63) is 51.0 Å². The van der Waals surface area contributed by atoms with Gasteiger partial charge in [0.1, 0.15) is 5.82 Å². The number of nitrogens with one attached hydrogen (secondary N) is 2. The Balaban J connectivity index is 1.97. The zero-order valence-electron chi connectivity index (χ0n) is 14.7. The van der Waals surface area contributed by atoms with Crippen molar-refractivity contribution in [2.75, 3.05) is 0 Å². The third-order valence-corrected chi connectivity index (χ3v) is 4.77. The lowest BCUT2D eigenvalue weighted by Crippen LogP contribution is -2.38. The second-order valence-corrected chi connectivity index (χ2v) is 6.67. The van der Waals surface area contributed by atoms with Crippen LogP contribution >= 0.6 is 0 Å². The van der Waals surface area contributed by atoms with E-state index in [1.165, 1.54) is 42.5 Å². The molecule has 0 unspecified atom stereocenters. The fourth-order valence-corrected chi connectivity index (χ4v) is 3.39. The molecular weight excluding hydrogens is 317 g/mol. The SMILES string of the molecule is CCC=c1[nH]n(-c2ccc(F)cc2)c(=O)c1=CNC1CCCCCC1. The summed E-state index contributed by atoms with van der Waals surface area (Å²) in [6, 6.07) is 6.36. The van der Waals surface area contributed by atoms with Crippen LogP contribution in [-0.4, -0.2) is 15.8 Å². The van der Waals surface area contributed by atoms with Gasteiger partial charge in [0, 0.05) is 12.2 Å². The molecule has 1 heterocycles. The van der Waals surface area contributed by atoms with Crippen LogP contribution < -0.4 is 21.4 Å². The lowest BCUT2D eigenvalue weighted by molar-refractivity contribution is 0.530. The van der Waals surface area contributed by atoms with Crippen LogP contribution in [0.25, 0.3) is 18.0 Å². The molecule has 25 heavy (non-hydrogen) atoms. The van der Waals surface area contributed by atoms with Crippen LogP contribution in [0, 0.1) is 5.82 Å². The maximum absolute atomic E-state index is 13.1. The van der Waals surface area contributed by atoms with E-state index >= 15 is 0 Å². The van der Waals surface area contributed by atoms with Crippen LogP contribution in [0.2, 0.25) is 0 Å². The molecule has 5 heteroatoms. The Kier molecular flexibility index (Phi) is 5.74. The van der Waals surface area contributed by atoms with Crippen molar-refractivity contribution in [2.24, 2.45) is 0 Å². The van der Waals surface area contributed by atoms with Crippen LogP contribution in [0.4, 0.5) is 4.39 Å². The van der Waals surface area contributed by atoms with Crippen molar-refractivity contribution >= 4 is 12.3 Å². The number of halogens is 1. The molecular formula is C20H26FN3O. The van der Waals surface area contributed by atoms with Crippen LogP contribution in [0.3, 0.4) is 0 Å². The van der Waals surface area contributed by atoms with Crippen molar-refractivity contribution in [3.8, 4) is 5.69 Å². The molecule has 0 radical (unpaired) electrons. The third kappa shape index (κ3) is 4.21. The molecule has 1 aliphatic rings. The minimum Gasteiger partial charge on any atom is -0.387 e. The predicted octanol–water partition coefficient (Wildman–Crippen LogP) is 2.55. The Hall–Kier alpha value is -2.30. The number of rotatable bonds is 4. The van der Waals surface area contributed by atoms with Gasteiger partial charge < -0.3 is 5.32 Å². The summed E-state index contributed by atoms with van der Waals surface area (Å²) in [6.07, 6.45) is 12.1. The highest BCUT2D eigenvalue weighted by atomic mass is 19.1. The van der Waals surface area contributed by atoms with Crippen LogP contribution in [0.1, 0.15) is 51.9 Å². The van der Waals surface area contributed by atoms with E-state index in [0.29, 0.717) is 16.9 Å². The van der Waals surface area contributed by atoms with Gasteiger partial charge in [-0.05, 0) is 43.5 Å². The zero-order valence-corrected chi connectivity index (χ0v) is 14.7. The minimum absolute atomic E-state index is 0.118. The molecule has 2 N–H and O–H groups in total. The van der Waals surface area contributed by atoms with Gasteiger partial charge in [0.15, 0.2) is 0 Å². The Morgan fingerprint density at radius 2 is 1.88 bits per heavy atom. The minimum atomic E-state index is -0.314. The quantitative estimate of drug-likeness (QED) is 0.838. The fourth-order valence-electron chi connectivity index (χ4n) is 3.39. The summed E-state index contributed by atoms with van der Waals surface area (Å²) in [6.45, 7) is 2.04. The van der Waals surface area contributed by atoms with Gasteiger partial charge >= 0.3 is 0 Å². The molecule has 0 amide bonds. The molecule has 3 rings (SSSR count). The summed E-state index contributed by atoms with van der Waals surface area (Å²) in [7, 11) is 0. The van der Waals surface area contributed by atoms with Gasteiger partial charge in [-0.15, -0.1) is 0 Å². The summed E-state index contributed by atoms with van der Waals surface area (Å²) < 4.78 is 14.6. The first-order valence-electron chi connectivity index (χ1n) is 9.22. The molecule has 1 aliphatic carbocycles. The van der Waals surface area contributed by atoms with Gasteiger partial charge in [-0.3, -0.25) is 9.89 Å². The first kappa shape index (κ1) is 17.5. The Morgan fingerprint density at radius 1 is 1.20 bits per heavy atom.